The second kappa shape index (κ2) is 6.47. The Morgan fingerprint density at radius 1 is 1.43 bits per heavy atom. The van der Waals surface area contributed by atoms with Gasteiger partial charge in [-0.1, -0.05) is 12.1 Å². The number of anilines is 1. The maximum absolute atomic E-state index is 11.8. The van der Waals surface area contributed by atoms with Gasteiger partial charge in [0.05, 0.1) is 0 Å². The molecular weight excluding hydrogens is 268 g/mol. The molecule has 6 heteroatoms. The highest BCUT2D eigenvalue weighted by atomic mass is 16.2. The van der Waals surface area contributed by atoms with E-state index in [1.54, 1.807) is 6.92 Å². The molecular formula is C15H22N4O2. The highest BCUT2D eigenvalue weighted by Crippen LogP contribution is 2.26. The van der Waals surface area contributed by atoms with Crippen molar-refractivity contribution in [3.8, 4) is 0 Å². The van der Waals surface area contributed by atoms with E-state index in [1.165, 1.54) is 11.3 Å². The molecule has 0 radical (unpaired) electrons. The zero-order chi connectivity index (χ0) is 15.4. The first-order chi connectivity index (χ1) is 9.97. The maximum Gasteiger partial charge on any atom is 0.312 e. The van der Waals surface area contributed by atoms with Crippen LogP contribution in [0.4, 0.5) is 10.5 Å². The summed E-state index contributed by atoms with van der Waals surface area (Å²) in [7, 11) is 2.09. The van der Waals surface area contributed by atoms with E-state index in [-0.39, 0.29) is 5.91 Å². The number of urea groups is 1. The lowest BCUT2D eigenvalue weighted by molar-refractivity contribution is -0.122. The van der Waals surface area contributed by atoms with Crippen LogP contribution in [0.3, 0.4) is 0 Å². The Morgan fingerprint density at radius 3 is 2.90 bits per heavy atom. The first kappa shape index (κ1) is 15.2. The molecule has 1 aliphatic heterocycles. The third-order valence-corrected chi connectivity index (χ3v) is 3.71. The smallest absolute Gasteiger partial charge is 0.312 e. The summed E-state index contributed by atoms with van der Waals surface area (Å²) in [6, 6.07) is 4.92. The van der Waals surface area contributed by atoms with Crippen molar-refractivity contribution in [1.29, 1.82) is 0 Å². The number of hydrogen-bond donors (Lipinski definition) is 3. The fourth-order valence-electron chi connectivity index (χ4n) is 2.57. The van der Waals surface area contributed by atoms with E-state index >= 15 is 0 Å². The number of carbonyl (C=O) groups excluding carboxylic acids is 2. The van der Waals surface area contributed by atoms with Gasteiger partial charge in [0, 0.05) is 25.8 Å². The standard InChI is InChI=1S/C15H22N4O2/c1-10(18-15(16)21)14(20)17-9-11-5-6-13-12(8-11)4-3-7-19(13)2/h5-6,8,10H,3-4,7,9H2,1-2H3,(H,17,20)(H3,16,18,21). The molecule has 0 fully saturated rings. The van der Waals surface area contributed by atoms with Crippen molar-refractivity contribution < 1.29 is 9.59 Å². The number of benzene rings is 1. The van der Waals surface area contributed by atoms with Crippen LogP contribution < -0.4 is 21.3 Å². The minimum atomic E-state index is -0.700. The number of nitrogens with one attached hydrogen (secondary N) is 2. The molecule has 1 aliphatic rings. The lowest BCUT2D eigenvalue weighted by atomic mass is 9.99. The van der Waals surface area contributed by atoms with Crippen molar-refractivity contribution in [3.05, 3.63) is 29.3 Å². The number of carbonyl (C=O) groups is 2. The van der Waals surface area contributed by atoms with Crippen LogP contribution in [0.2, 0.25) is 0 Å². The Labute approximate surface area is 124 Å². The van der Waals surface area contributed by atoms with Gasteiger partial charge in [-0.25, -0.2) is 4.79 Å². The van der Waals surface area contributed by atoms with E-state index in [0.717, 1.165) is 24.9 Å². The van der Waals surface area contributed by atoms with Crippen LogP contribution in [0.1, 0.15) is 24.5 Å². The molecule has 114 valence electrons. The summed E-state index contributed by atoms with van der Waals surface area (Å²) in [6.07, 6.45) is 2.22. The zero-order valence-electron chi connectivity index (χ0n) is 12.5. The maximum atomic E-state index is 11.8. The highest BCUT2D eigenvalue weighted by Gasteiger charge is 2.15. The largest absolute Gasteiger partial charge is 0.374 e. The van der Waals surface area contributed by atoms with E-state index in [4.69, 9.17) is 5.73 Å². The number of primary amides is 1. The van der Waals surface area contributed by atoms with Gasteiger partial charge >= 0.3 is 6.03 Å². The van der Waals surface area contributed by atoms with E-state index in [0.29, 0.717) is 6.54 Å². The third-order valence-electron chi connectivity index (χ3n) is 3.71. The molecule has 1 unspecified atom stereocenters. The number of nitrogens with zero attached hydrogens (tertiary/aromatic N) is 1. The molecule has 3 amide bonds. The quantitative estimate of drug-likeness (QED) is 0.764. The van der Waals surface area contributed by atoms with Crippen molar-refractivity contribution in [2.24, 2.45) is 5.73 Å². The lowest BCUT2D eigenvalue weighted by Gasteiger charge is -2.27. The molecule has 21 heavy (non-hydrogen) atoms. The molecule has 6 nitrogen and oxygen atoms in total. The van der Waals surface area contributed by atoms with Crippen molar-refractivity contribution >= 4 is 17.6 Å². The Hall–Kier alpha value is -2.24. The average Bonchev–Trinajstić information content (AvgIpc) is 2.44. The van der Waals surface area contributed by atoms with Crippen LogP contribution in [-0.2, 0) is 17.8 Å². The van der Waals surface area contributed by atoms with Crippen LogP contribution in [0.15, 0.2) is 18.2 Å². The van der Waals surface area contributed by atoms with Gasteiger partial charge in [0.15, 0.2) is 0 Å². The number of amides is 3. The monoisotopic (exact) mass is 290 g/mol. The summed E-state index contributed by atoms with van der Waals surface area (Å²) in [5.41, 5.74) is 8.63. The summed E-state index contributed by atoms with van der Waals surface area (Å²) in [5, 5.41) is 5.15. The molecule has 0 aromatic heterocycles. The molecule has 2 rings (SSSR count). The molecule has 0 bridgehead atoms. The fourth-order valence-corrected chi connectivity index (χ4v) is 2.57. The predicted molar refractivity (Wildman–Crippen MR) is 82.1 cm³/mol. The minimum absolute atomic E-state index is 0.247. The molecule has 0 saturated heterocycles. The van der Waals surface area contributed by atoms with Crippen molar-refractivity contribution in [2.45, 2.75) is 32.4 Å². The molecule has 1 aromatic carbocycles. The molecule has 0 spiro atoms. The summed E-state index contributed by atoms with van der Waals surface area (Å²) in [5.74, 6) is -0.247. The molecule has 1 atom stereocenters. The molecule has 0 saturated carbocycles. The molecule has 1 aromatic rings. The highest BCUT2D eigenvalue weighted by molar-refractivity contribution is 5.86. The SMILES string of the molecule is CC(NC(N)=O)C(=O)NCc1ccc2c(c1)CCCN2C. The van der Waals surface area contributed by atoms with Gasteiger partial charge in [-0.2, -0.15) is 0 Å². The number of rotatable bonds is 4. The predicted octanol–water partition coefficient (Wildman–Crippen LogP) is 0.742. The second-order valence-corrected chi connectivity index (χ2v) is 5.44. The number of hydrogen-bond acceptors (Lipinski definition) is 3. The van der Waals surface area contributed by atoms with Crippen LogP contribution >= 0.6 is 0 Å². The fraction of sp³-hybridized carbons (Fsp3) is 0.467. The van der Waals surface area contributed by atoms with Gasteiger partial charge in [0.25, 0.3) is 0 Å². The first-order valence-corrected chi connectivity index (χ1v) is 7.14. The van der Waals surface area contributed by atoms with E-state index < -0.39 is 12.1 Å². The molecule has 1 heterocycles. The molecule has 0 aliphatic carbocycles. The summed E-state index contributed by atoms with van der Waals surface area (Å²) in [4.78, 5) is 24.8. The summed E-state index contributed by atoms with van der Waals surface area (Å²) in [6.45, 7) is 3.13. The van der Waals surface area contributed by atoms with Crippen molar-refractivity contribution in [3.63, 3.8) is 0 Å². The minimum Gasteiger partial charge on any atom is -0.374 e. The number of nitrogens with two attached hydrogens (primary N) is 1. The van der Waals surface area contributed by atoms with Crippen LogP contribution in [0.5, 0.6) is 0 Å². The first-order valence-electron chi connectivity index (χ1n) is 7.14. The van der Waals surface area contributed by atoms with E-state index in [1.807, 2.05) is 6.07 Å². The number of fused-ring (bicyclic) bond motifs is 1. The number of aryl methyl sites for hydroxylation is 1. The van der Waals surface area contributed by atoms with Crippen LogP contribution in [0, 0.1) is 0 Å². The normalized spacial score (nSPS) is 15.0. The van der Waals surface area contributed by atoms with Gasteiger partial charge in [-0.15, -0.1) is 0 Å². The Morgan fingerprint density at radius 2 is 2.19 bits per heavy atom. The summed E-state index contributed by atoms with van der Waals surface area (Å²) >= 11 is 0. The Kier molecular flexibility index (Phi) is 4.67. The van der Waals surface area contributed by atoms with Gasteiger partial charge in [0.1, 0.15) is 6.04 Å². The van der Waals surface area contributed by atoms with Crippen molar-refractivity contribution in [2.75, 3.05) is 18.5 Å². The van der Waals surface area contributed by atoms with Gasteiger partial charge in [-0.3, -0.25) is 4.79 Å². The summed E-state index contributed by atoms with van der Waals surface area (Å²) < 4.78 is 0. The van der Waals surface area contributed by atoms with Gasteiger partial charge < -0.3 is 21.3 Å². The van der Waals surface area contributed by atoms with Crippen LogP contribution in [0.25, 0.3) is 0 Å². The zero-order valence-corrected chi connectivity index (χ0v) is 12.5. The topological polar surface area (TPSA) is 87.5 Å². The van der Waals surface area contributed by atoms with E-state index in [9.17, 15) is 9.59 Å². The lowest BCUT2D eigenvalue weighted by Crippen LogP contribution is -2.46. The van der Waals surface area contributed by atoms with Crippen molar-refractivity contribution in [1.82, 2.24) is 10.6 Å². The third kappa shape index (κ3) is 3.87. The average molecular weight is 290 g/mol. The molecule has 4 N–H and O–H groups in total. The Balaban J connectivity index is 1.95. The van der Waals surface area contributed by atoms with E-state index in [2.05, 4.69) is 34.7 Å². The Bertz CT molecular complexity index is 544. The second-order valence-electron chi connectivity index (χ2n) is 5.44. The van der Waals surface area contributed by atoms with Crippen LogP contribution in [-0.4, -0.2) is 31.6 Å². The van der Waals surface area contributed by atoms with Gasteiger partial charge in [-0.05, 0) is 37.0 Å². The van der Waals surface area contributed by atoms with Gasteiger partial charge in [0.2, 0.25) is 5.91 Å².